The van der Waals surface area contributed by atoms with Crippen LogP contribution in [0.5, 0.6) is 0 Å². The Labute approximate surface area is 209 Å². The third-order valence-electron chi connectivity index (χ3n) is 5.71. The highest BCUT2D eigenvalue weighted by Crippen LogP contribution is 2.37. The highest BCUT2D eigenvalue weighted by molar-refractivity contribution is 6.00. The number of hydrogen-bond acceptors (Lipinski definition) is 3. The van der Waals surface area contributed by atoms with Crippen LogP contribution >= 0.6 is 0 Å². The van der Waals surface area contributed by atoms with Gasteiger partial charge >= 0.3 is 24.4 Å². The smallest absolute Gasteiger partial charge is 0.368 e. The summed E-state index contributed by atoms with van der Waals surface area (Å²) in [6.45, 7) is 4.96. The molecule has 202 valence electrons. The molecule has 2 aromatic carbocycles. The number of alkyl halides is 6. The van der Waals surface area contributed by atoms with Gasteiger partial charge in [-0.05, 0) is 48.9 Å². The van der Waals surface area contributed by atoms with Gasteiger partial charge in [0, 0.05) is 49.8 Å². The van der Waals surface area contributed by atoms with Crippen molar-refractivity contribution in [2.75, 3.05) is 48.3 Å². The second kappa shape index (κ2) is 11.6. The minimum atomic E-state index is -5.02. The Hall–Kier alpha value is -3.64. The summed E-state index contributed by atoms with van der Waals surface area (Å²) < 4.78 is 78.1. The van der Waals surface area contributed by atoms with Crippen LogP contribution < -0.4 is 20.9 Å². The summed E-state index contributed by atoms with van der Waals surface area (Å²) in [5.41, 5.74) is -2.57. The number of urea groups is 2. The number of carbonyl (C=O) groups excluding carboxylic acids is 2. The summed E-state index contributed by atoms with van der Waals surface area (Å²) in [7, 11) is 0. The molecule has 0 unspecified atom stereocenters. The van der Waals surface area contributed by atoms with Crippen LogP contribution in [0.2, 0.25) is 0 Å². The summed E-state index contributed by atoms with van der Waals surface area (Å²) >= 11 is 0. The molecule has 13 heteroatoms. The lowest BCUT2D eigenvalue weighted by Gasteiger charge is -2.36. The quantitative estimate of drug-likeness (QED) is 0.316. The monoisotopic (exact) mass is 531 g/mol. The number of benzene rings is 2. The topological polar surface area (TPSA) is 76.7 Å². The van der Waals surface area contributed by atoms with Crippen molar-refractivity contribution in [1.82, 2.24) is 10.2 Å². The Bertz CT molecular complexity index is 1050. The molecule has 4 amide bonds. The minimum Gasteiger partial charge on any atom is -0.368 e. The Morgan fingerprint density at radius 2 is 1.35 bits per heavy atom. The predicted molar refractivity (Wildman–Crippen MR) is 128 cm³/mol. The molecule has 0 atom stereocenters. The molecular formula is C24H27F6N5O2. The lowest BCUT2D eigenvalue weighted by atomic mass is 10.1. The normalized spacial score (nSPS) is 14.4. The van der Waals surface area contributed by atoms with Gasteiger partial charge in [0.2, 0.25) is 0 Å². The second-order valence-electron chi connectivity index (χ2n) is 8.48. The van der Waals surface area contributed by atoms with E-state index in [1.54, 1.807) is 29.2 Å². The molecule has 0 saturated carbocycles. The maximum absolute atomic E-state index is 13.0. The van der Waals surface area contributed by atoms with Gasteiger partial charge in [-0.2, -0.15) is 26.3 Å². The third kappa shape index (κ3) is 7.92. The Kier molecular flexibility index (Phi) is 8.77. The lowest BCUT2D eigenvalue weighted by molar-refractivity contribution is -0.143. The SMILES string of the molecule is CCCCNC(=O)N1CCN(c2ccc(NC(=O)Nc3cc(C(F)(F)F)cc(C(F)(F)F)c3)cc2)CC1. The molecule has 1 aliphatic heterocycles. The largest absolute Gasteiger partial charge is 0.416 e. The van der Waals surface area contributed by atoms with Crippen molar-refractivity contribution in [2.45, 2.75) is 32.1 Å². The Morgan fingerprint density at radius 1 is 0.811 bits per heavy atom. The van der Waals surface area contributed by atoms with Crippen molar-refractivity contribution in [1.29, 1.82) is 0 Å². The van der Waals surface area contributed by atoms with Gasteiger partial charge in [0.25, 0.3) is 0 Å². The van der Waals surface area contributed by atoms with Crippen LogP contribution in [0.15, 0.2) is 42.5 Å². The lowest BCUT2D eigenvalue weighted by Crippen LogP contribution is -2.52. The molecule has 1 saturated heterocycles. The fourth-order valence-corrected chi connectivity index (χ4v) is 3.73. The average Bonchev–Trinajstić information content (AvgIpc) is 2.83. The molecule has 37 heavy (non-hydrogen) atoms. The average molecular weight is 532 g/mol. The van der Waals surface area contributed by atoms with E-state index >= 15 is 0 Å². The maximum atomic E-state index is 13.0. The van der Waals surface area contributed by atoms with Crippen LogP contribution in [0.25, 0.3) is 0 Å². The van der Waals surface area contributed by atoms with Crippen molar-refractivity contribution < 1.29 is 35.9 Å². The number of unbranched alkanes of at least 4 members (excludes halogenated alkanes) is 1. The van der Waals surface area contributed by atoms with Gasteiger partial charge in [0.05, 0.1) is 11.1 Å². The molecule has 0 bridgehead atoms. The van der Waals surface area contributed by atoms with Crippen LogP contribution in [0.4, 0.5) is 53.0 Å². The number of nitrogens with one attached hydrogen (secondary N) is 3. The van der Waals surface area contributed by atoms with Crippen LogP contribution in [0, 0.1) is 0 Å². The molecule has 1 heterocycles. The number of hydrogen-bond donors (Lipinski definition) is 3. The van der Waals surface area contributed by atoms with Crippen molar-refractivity contribution in [3.05, 3.63) is 53.6 Å². The van der Waals surface area contributed by atoms with Gasteiger partial charge in [-0.25, -0.2) is 9.59 Å². The zero-order chi connectivity index (χ0) is 27.2. The van der Waals surface area contributed by atoms with Crippen molar-refractivity contribution >= 4 is 29.1 Å². The zero-order valence-electron chi connectivity index (χ0n) is 20.0. The molecule has 0 spiro atoms. The molecule has 0 aliphatic carbocycles. The first-order valence-electron chi connectivity index (χ1n) is 11.6. The fourth-order valence-electron chi connectivity index (χ4n) is 3.73. The first-order chi connectivity index (χ1) is 17.4. The number of halogens is 6. The minimum absolute atomic E-state index is 0.0134. The van der Waals surface area contributed by atoms with Gasteiger partial charge in [-0.3, -0.25) is 0 Å². The molecule has 7 nitrogen and oxygen atoms in total. The van der Waals surface area contributed by atoms with E-state index in [1.165, 1.54) is 0 Å². The second-order valence-corrected chi connectivity index (χ2v) is 8.48. The van der Waals surface area contributed by atoms with Gasteiger partial charge in [-0.1, -0.05) is 13.3 Å². The van der Waals surface area contributed by atoms with Crippen LogP contribution in [0.1, 0.15) is 30.9 Å². The fraction of sp³-hybridized carbons (Fsp3) is 0.417. The highest BCUT2D eigenvalue weighted by atomic mass is 19.4. The van der Waals surface area contributed by atoms with E-state index < -0.39 is 35.2 Å². The van der Waals surface area contributed by atoms with Crippen molar-refractivity contribution in [3.63, 3.8) is 0 Å². The Balaban J connectivity index is 1.57. The molecule has 1 aliphatic rings. The van der Waals surface area contributed by atoms with Crippen LogP contribution in [-0.2, 0) is 12.4 Å². The van der Waals surface area contributed by atoms with Crippen molar-refractivity contribution in [2.24, 2.45) is 0 Å². The summed E-state index contributed by atoms with van der Waals surface area (Å²) in [5.74, 6) is 0. The van der Waals surface area contributed by atoms with Crippen LogP contribution in [0.3, 0.4) is 0 Å². The molecule has 1 fully saturated rings. The molecule has 2 aromatic rings. The maximum Gasteiger partial charge on any atom is 0.416 e. The van der Waals surface area contributed by atoms with E-state index in [-0.39, 0.29) is 12.1 Å². The van der Waals surface area contributed by atoms with Gasteiger partial charge in [0.15, 0.2) is 0 Å². The van der Waals surface area contributed by atoms with E-state index in [9.17, 15) is 35.9 Å². The van der Waals surface area contributed by atoms with Gasteiger partial charge in [-0.15, -0.1) is 0 Å². The van der Waals surface area contributed by atoms with Crippen molar-refractivity contribution in [3.8, 4) is 0 Å². The summed E-state index contributed by atoms with van der Waals surface area (Å²) in [4.78, 5) is 28.2. The predicted octanol–water partition coefficient (Wildman–Crippen LogP) is 6.00. The number of carbonyl (C=O) groups is 2. The van der Waals surface area contributed by atoms with E-state index in [2.05, 4.69) is 15.5 Å². The summed E-state index contributed by atoms with van der Waals surface area (Å²) in [5, 5.41) is 7.30. The molecule has 3 N–H and O–H groups in total. The van der Waals surface area contributed by atoms with Gasteiger partial charge < -0.3 is 25.8 Å². The van der Waals surface area contributed by atoms with E-state index in [0.717, 1.165) is 18.5 Å². The highest BCUT2D eigenvalue weighted by Gasteiger charge is 2.37. The number of piperazine rings is 1. The molecule has 0 aromatic heterocycles. The first kappa shape index (κ1) is 27.9. The zero-order valence-corrected chi connectivity index (χ0v) is 20.0. The molecule has 3 rings (SSSR count). The number of nitrogens with zero attached hydrogens (tertiary/aromatic N) is 2. The number of rotatable bonds is 6. The standard InChI is InChI=1S/C24H27F6N5O2/c1-2-3-8-31-22(37)35-11-9-34(10-12-35)20-6-4-18(5-7-20)32-21(36)33-19-14-16(23(25,26)27)13-17(15-19)24(28,29)30/h4-7,13-15H,2-3,8-12H2,1H3,(H,31,37)(H2,32,33,36). The third-order valence-corrected chi connectivity index (χ3v) is 5.71. The molecule has 0 radical (unpaired) electrons. The number of amides is 4. The van der Waals surface area contributed by atoms with E-state index in [1.807, 2.05) is 12.2 Å². The first-order valence-corrected chi connectivity index (χ1v) is 11.6. The summed E-state index contributed by atoms with van der Waals surface area (Å²) in [6.07, 6.45) is -8.13. The summed E-state index contributed by atoms with van der Waals surface area (Å²) in [6, 6.07) is 6.32. The van der Waals surface area contributed by atoms with Gasteiger partial charge in [0.1, 0.15) is 0 Å². The molecular weight excluding hydrogens is 504 g/mol. The number of anilines is 3. The Morgan fingerprint density at radius 3 is 1.86 bits per heavy atom. The van der Waals surface area contributed by atoms with Crippen LogP contribution in [-0.4, -0.2) is 49.7 Å². The van der Waals surface area contributed by atoms with E-state index in [4.69, 9.17) is 0 Å². The van der Waals surface area contributed by atoms with E-state index in [0.29, 0.717) is 50.5 Å².